The average Bonchev–Trinajstić information content (AvgIpc) is 3.27. The monoisotopic (exact) mass is 485 g/mol. The van der Waals surface area contributed by atoms with Crippen molar-refractivity contribution in [2.24, 2.45) is 0 Å². The van der Waals surface area contributed by atoms with Crippen molar-refractivity contribution in [1.29, 1.82) is 0 Å². The van der Waals surface area contributed by atoms with E-state index in [0.29, 0.717) is 31.0 Å². The first-order chi connectivity index (χ1) is 15.9. The van der Waals surface area contributed by atoms with Gasteiger partial charge in [-0.15, -0.1) is 11.3 Å². The first-order valence-electron chi connectivity index (χ1n) is 10.9. The molecule has 0 atom stereocenters. The molecule has 33 heavy (non-hydrogen) atoms. The number of hydrogen-bond donors (Lipinski definition) is 1. The Morgan fingerprint density at radius 2 is 1.91 bits per heavy atom. The number of ether oxygens (including phenoxy) is 1. The number of piperidine rings is 1. The molecule has 1 saturated heterocycles. The number of aromatic nitrogens is 1. The molecule has 7 nitrogen and oxygen atoms in total. The summed E-state index contributed by atoms with van der Waals surface area (Å²) in [5.41, 5.74) is 2.05. The second kappa shape index (κ2) is 10.5. The molecule has 0 aliphatic carbocycles. The lowest BCUT2D eigenvalue weighted by molar-refractivity contribution is 0.0950. The average molecular weight is 486 g/mol. The highest BCUT2D eigenvalue weighted by Crippen LogP contribution is 2.21. The summed E-state index contributed by atoms with van der Waals surface area (Å²) in [6, 6.07) is 13.7. The summed E-state index contributed by atoms with van der Waals surface area (Å²) in [5.74, 6) is 0.331. The van der Waals surface area contributed by atoms with E-state index in [9.17, 15) is 13.2 Å². The molecule has 1 N–H and O–H groups in total. The Labute approximate surface area is 198 Å². The zero-order chi connectivity index (χ0) is 23.3. The van der Waals surface area contributed by atoms with Gasteiger partial charge in [-0.25, -0.2) is 13.4 Å². The highest BCUT2D eigenvalue weighted by molar-refractivity contribution is 7.89. The van der Waals surface area contributed by atoms with Crippen LogP contribution in [-0.2, 0) is 23.2 Å². The van der Waals surface area contributed by atoms with Crippen LogP contribution in [-0.4, -0.2) is 36.7 Å². The highest BCUT2D eigenvalue weighted by Gasteiger charge is 2.26. The predicted molar refractivity (Wildman–Crippen MR) is 128 cm³/mol. The van der Waals surface area contributed by atoms with Gasteiger partial charge in [0.2, 0.25) is 10.0 Å². The molecule has 1 fully saturated rings. The lowest BCUT2D eigenvalue weighted by Gasteiger charge is -2.26. The second-order valence-corrected chi connectivity index (χ2v) is 11.0. The van der Waals surface area contributed by atoms with Crippen LogP contribution in [0.3, 0.4) is 0 Å². The maximum absolute atomic E-state index is 12.9. The lowest BCUT2D eigenvalue weighted by Crippen LogP contribution is -2.35. The zero-order valence-corrected chi connectivity index (χ0v) is 20.1. The molecule has 0 radical (unpaired) electrons. The van der Waals surface area contributed by atoms with Crippen LogP contribution >= 0.6 is 11.3 Å². The molecule has 1 aromatic heterocycles. The molecule has 1 aliphatic rings. The molecule has 0 unspecified atom stereocenters. The smallest absolute Gasteiger partial charge is 0.251 e. The van der Waals surface area contributed by atoms with Crippen LogP contribution in [0.5, 0.6) is 5.75 Å². The molecule has 9 heteroatoms. The van der Waals surface area contributed by atoms with Crippen LogP contribution in [0.2, 0.25) is 0 Å². The number of hydrogen-bond acceptors (Lipinski definition) is 6. The molecule has 2 heterocycles. The number of thiazole rings is 1. The number of sulfonamides is 1. The van der Waals surface area contributed by atoms with Crippen LogP contribution in [0.25, 0.3) is 0 Å². The van der Waals surface area contributed by atoms with Gasteiger partial charge in [0.15, 0.2) is 0 Å². The number of amides is 1. The molecule has 4 rings (SSSR count). The molecule has 174 valence electrons. The zero-order valence-electron chi connectivity index (χ0n) is 18.5. The number of benzene rings is 2. The van der Waals surface area contributed by atoms with Crippen molar-refractivity contribution in [2.45, 2.75) is 44.2 Å². The minimum atomic E-state index is -3.51. The fourth-order valence-corrected chi connectivity index (χ4v) is 5.90. The van der Waals surface area contributed by atoms with Crippen LogP contribution in [0.15, 0.2) is 58.8 Å². The van der Waals surface area contributed by atoms with E-state index in [-0.39, 0.29) is 17.3 Å². The molecule has 1 amide bonds. The van der Waals surface area contributed by atoms with Gasteiger partial charge in [-0.1, -0.05) is 24.6 Å². The summed E-state index contributed by atoms with van der Waals surface area (Å²) in [7, 11) is -3.51. The summed E-state index contributed by atoms with van der Waals surface area (Å²) in [4.78, 5) is 17.3. The van der Waals surface area contributed by atoms with E-state index in [1.807, 2.05) is 18.4 Å². The third kappa shape index (κ3) is 5.98. The number of nitrogens with one attached hydrogen (secondary N) is 1. The van der Waals surface area contributed by atoms with E-state index in [0.717, 1.165) is 35.5 Å². The van der Waals surface area contributed by atoms with Crippen molar-refractivity contribution >= 4 is 27.3 Å². The fraction of sp³-hybridized carbons (Fsp3) is 0.333. The van der Waals surface area contributed by atoms with Crippen molar-refractivity contribution in [2.75, 3.05) is 13.1 Å². The van der Waals surface area contributed by atoms with E-state index in [4.69, 9.17) is 4.74 Å². The molecule has 3 aromatic rings. The first-order valence-corrected chi connectivity index (χ1v) is 13.2. The SMILES string of the molecule is Cc1nc(COc2cccc(C(=O)NCc3cccc(S(=O)(=O)N4CCCCC4)c3)c2)cs1. The first kappa shape index (κ1) is 23.4. The Kier molecular flexibility index (Phi) is 7.42. The van der Waals surface area contributed by atoms with Gasteiger partial charge in [-0.2, -0.15) is 4.31 Å². The van der Waals surface area contributed by atoms with Gasteiger partial charge in [0, 0.05) is 30.6 Å². The topological polar surface area (TPSA) is 88.6 Å². The van der Waals surface area contributed by atoms with Gasteiger partial charge in [-0.3, -0.25) is 4.79 Å². The Hall–Kier alpha value is -2.75. The number of carbonyl (C=O) groups excluding carboxylic acids is 1. The van der Waals surface area contributed by atoms with Crippen LogP contribution in [0.4, 0.5) is 0 Å². The number of rotatable bonds is 8. The van der Waals surface area contributed by atoms with Crippen LogP contribution in [0, 0.1) is 6.92 Å². The van der Waals surface area contributed by atoms with Gasteiger partial charge in [0.05, 0.1) is 15.6 Å². The molecule has 0 spiro atoms. The number of nitrogens with zero attached hydrogens (tertiary/aromatic N) is 2. The van der Waals surface area contributed by atoms with E-state index < -0.39 is 10.0 Å². The van der Waals surface area contributed by atoms with Gasteiger partial charge in [0.25, 0.3) is 5.91 Å². The highest BCUT2D eigenvalue weighted by atomic mass is 32.2. The Balaban J connectivity index is 1.37. The summed E-state index contributed by atoms with van der Waals surface area (Å²) in [6.07, 6.45) is 2.84. The Morgan fingerprint density at radius 3 is 2.67 bits per heavy atom. The lowest BCUT2D eigenvalue weighted by atomic mass is 10.2. The standard InChI is InChI=1S/C24H27N3O4S2/c1-18-26-21(17-32-18)16-31-22-9-6-8-20(14-22)24(28)25-15-19-7-5-10-23(13-19)33(29,30)27-11-3-2-4-12-27/h5-10,13-14,17H,2-4,11-12,15-16H2,1H3,(H,25,28). The predicted octanol–water partition coefficient (Wildman–Crippen LogP) is 4.14. The normalized spacial score (nSPS) is 14.7. The maximum Gasteiger partial charge on any atom is 0.251 e. The van der Waals surface area contributed by atoms with Crippen molar-refractivity contribution in [3.63, 3.8) is 0 Å². The molecule has 2 aromatic carbocycles. The van der Waals surface area contributed by atoms with Crippen LogP contribution in [0.1, 0.15) is 45.9 Å². The van der Waals surface area contributed by atoms with E-state index in [1.54, 1.807) is 58.1 Å². The third-order valence-electron chi connectivity index (χ3n) is 5.45. The van der Waals surface area contributed by atoms with Gasteiger partial charge >= 0.3 is 0 Å². The summed E-state index contributed by atoms with van der Waals surface area (Å²) >= 11 is 1.57. The van der Waals surface area contributed by atoms with Crippen LogP contribution < -0.4 is 10.1 Å². The molecule has 0 saturated carbocycles. The third-order valence-corrected chi connectivity index (χ3v) is 8.17. The van der Waals surface area contributed by atoms with Crippen molar-refractivity contribution in [3.8, 4) is 5.75 Å². The van der Waals surface area contributed by atoms with Crippen molar-refractivity contribution in [3.05, 3.63) is 75.7 Å². The van der Waals surface area contributed by atoms with Gasteiger partial charge in [0.1, 0.15) is 12.4 Å². The quantitative estimate of drug-likeness (QED) is 0.518. The molecular weight excluding hydrogens is 458 g/mol. The van der Waals surface area contributed by atoms with E-state index in [1.165, 1.54) is 0 Å². The molecular formula is C24H27N3O4S2. The molecule has 0 bridgehead atoms. The van der Waals surface area contributed by atoms with Crippen molar-refractivity contribution < 1.29 is 17.9 Å². The second-order valence-electron chi connectivity index (χ2n) is 7.97. The van der Waals surface area contributed by atoms with Gasteiger partial charge in [-0.05, 0) is 55.7 Å². The van der Waals surface area contributed by atoms with Gasteiger partial charge < -0.3 is 10.1 Å². The summed E-state index contributed by atoms with van der Waals surface area (Å²) < 4.78 is 33.2. The minimum absolute atomic E-state index is 0.228. The summed E-state index contributed by atoms with van der Waals surface area (Å²) in [6.45, 7) is 3.63. The Morgan fingerprint density at radius 1 is 1.12 bits per heavy atom. The minimum Gasteiger partial charge on any atom is -0.487 e. The van der Waals surface area contributed by atoms with E-state index >= 15 is 0 Å². The maximum atomic E-state index is 12.9. The van der Waals surface area contributed by atoms with Crippen molar-refractivity contribution in [1.82, 2.24) is 14.6 Å². The fourth-order valence-electron chi connectivity index (χ4n) is 3.71. The number of aryl methyl sites for hydroxylation is 1. The molecule has 1 aliphatic heterocycles. The largest absolute Gasteiger partial charge is 0.487 e. The number of carbonyl (C=O) groups is 1. The Bertz CT molecular complexity index is 1220. The van der Waals surface area contributed by atoms with E-state index in [2.05, 4.69) is 10.3 Å². The summed E-state index contributed by atoms with van der Waals surface area (Å²) in [5, 5.41) is 5.80.